The number of carbonyl (C=O) groups is 3. The Labute approximate surface area is 181 Å². The molecule has 0 amide bonds. The summed E-state index contributed by atoms with van der Waals surface area (Å²) in [6, 6.07) is 4.36. The van der Waals surface area contributed by atoms with Crippen molar-refractivity contribution in [2.24, 2.45) is 11.8 Å². The molecule has 1 aliphatic rings. The normalized spacial score (nSPS) is 18.2. The predicted molar refractivity (Wildman–Crippen MR) is 111 cm³/mol. The minimum atomic E-state index is -0.879. The first kappa shape index (κ1) is 23.7. The Morgan fingerprint density at radius 2 is 1.73 bits per heavy atom. The van der Waals surface area contributed by atoms with Crippen molar-refractivity contribution >= 4 is 29.7 Å². The van der Waals surface area contributed by atoms with E-state index in [2.05, 4.69) is 13.5 Å². The van der Waals surface area contributed by atoms with Gasteiger partial charge in [-0.15, -0.1) is 0 Å². The number of ether oxygens (including phenoxy) is 4. The Morgan fingerprint density at radius 1 is 1.07 bits per heavy atom. The van der Waals surface area contributed by atoms with Gasteiger partial charge >= 0.3 is 18.1 Å². The molecule has 0 bridgehead atoms. The third-order valence-corrected chi connectivity index (χ3v) is 5.13. The van der Waals surface area contributed by atoms with E-state index in [1.807, 2.05) is 0 Å². The highest BCUT2D eigenvalue weighted by atomic mass is 35.5. The molecule has 1 fully saturated rings. The van der Waals surface area contributed by atoms with Gasteiger partial charge in [0.25, 0.3) is 0 Å². The average Bonchev–Trinajstić information content (AvgIpc) is 2.72. The Balaban J connectivity index is 1.72. The maximum atomic E-state index is 12.3. The van der Waals surface area contributed by atoms with Gasteiger partial charge < -0.3 is 18.9 Å². The van der Waals surface area contributed by atoms with Gasteiger partial charge in [0.15, 0.2) is 0 Å². The quantitative estimate of drug-likeness (QED) is 0.174. The molecule has 30 heavy (non-hydrogen) atoms. The van der Waals surface area contributed by atoms with Crippen molar-refractivity contribution in [3.63, 3.8) is 0 Å². The minimum absolute atomic E-state index is 0.108. The molecule has 0 saturated heterocycles. The summed E-state index contributed by atoms with van der Waals surface area (Å²) in [6.45, 7) is 5.82. The van der Waals surface area contributed by atoms with E-state index in [0.29, 0.717) is 18.8 Å². The second-order valence-corrected chi connectivity index (χ2v) is 7.66. The van der Waals surface area contributed by atoms with Crippen LogP contribution in [0.4, 0.5) is 4.79 Å². The van der Waals surface area contributed by atoms with Gasteiger partial charge in [-0.3, -0.25) is 4.79 Å². The first-order valence-corrected chi connectivity index (χ1v) is 10.4. The predicted octanol–water partition coefficient (Wildman–Crippen LogP) is 5.10. The largest absolute Gasteiger partial charge is 0.513 e. The van der Waals surface area contributed by atoms with Gasteiger partial charge in [0.05, 0.1) is 24.2 Å². The van der Waals surface area contributed by atoms with Crippen LogP contribution in [0.25, 0.3) is 0 Å². The molecule has 0 aromatic heterocycles. The van der Waals surface area contributed by atoms with E-state index in [0.717, 1.165) is 31.8 Å². The maximum absolute atomic E-state index is 12.3. The van der Waals surface area contributed by atoms with Crippen molar-refractivity contribution in [1.82, 2.24) is 0 Å². The van der Waals surface area contributed by atoms with E-state index in [4.69, 9.17) is 30.5 Å². The van der Waals surface area contributed by atoms with E-state index in [1.54, 1.807) is 0 Å². The minimum Gasteiger partial charge on any atom is -0.463 e. The van der Waals surface area contributed by atoms with Crippen LogP contribution in [0.15, 0.2) is 30.9 Å². The summed E-state index contributed by atoms with van der Waals surface area (Å²) < 4.78 is 20.2. The summed E-state index contributed by atoms with van der Waals surface area (Å²) in [5.41, 5.74) is 0. The van der Waals surface area contributed by atoms with Gasteiger partial charge in [0.1, 0.15) is 11.5 Å². The lowest BCUT2D eigenvalue weighted by molar-refractivity contribution is -0.140. The van der Waals surface area contributed by atoms with Crippen LogP contribution in [0.5, 0.6) is 11.5 Å². The van der Waals surface area contributed by atoms with Crippen molar-refractivity contribution in [3.8, 4) is 11.5 Å². The molecule has 7 nitrogen and oxygen atoms in total. The monoisotopic (exact) mass is 438 g/mol. The standard InChI is InChI=1S/C22H27ClO7/c1-3-20(24)27-12-4-5-13-28-22(26)29-17-10-11-19(18(23)14-17)30-21(25)16-8-6-15(2)7-9-16/h3,10-11,14-16H,1,4-9,12-13H2,2H3. The lowest BCUT2D eigenvalue weighted by atomic mass is 9.83. The van der Waals surface area contributed by atoms with E-state index >= 15 is 0 Å². The maximum Gasteiger partial charge on any atom is 0.513 e. The highest BCUT2D eigenvalue weighted by Gasteiger charge is 2.26. The molecule has 0 atom stereocenters. The zero-order valence-corrected chi connectivity index (χ0v) is 17.8. The molecule has 0 aliphatic heterocycles. The van der Waals surface area contributed by atoms with Crippen LogP contribution < -0.4 is 9.47 Å². The Morgan fingerprint density at radius 3 is 2.37 bits per heavy atom. The van der Waals surface area contributed by atoms with Crippen molar-refractivity contribution in [2.75, 3.05) is 13.2 Å². The summed E-state index contributed by atoms with van der Waals surface area (Å²) in [4.78, 5) is 34.9. The fourth-order valence-corrected chi connectivity index (χ4v) is 3.24. The van der Waals surface area contributed by atoms with E-state index in [9.17, 15) is 14.4 Å². The number of halogens is 1. The van der Waals surface area contributed by atoms with E-state index < -0.39 is 12.1 Å². The van der Waals surface area contributed by atoms with E-state index in [-0.39, 0.29) is 41.6 Å². The molecule has 0 N–H and O–H groups in total. The number of unbranched alkanes of at least 4 members (excludes halogenated alkanes) is 1. The zero-order valence-electron chi connectivity index (χ0n) is 17.1. The van der Waals surface area contributed by atoms with E-state index in [1.165, 1.54) is 18.2 Å². The third-order valence-electron chi connectivity index (χ3n) is 4.83. The molecule has 8 heteroatoms. The molecule has 164 valence electrons. The smallest absolute Gasteiger partial charge is 0.463 e. The second-order valence-electron chi connectivity index (χ2n) is 7.25. The van der Waals surface area contributed by atoms with Crippen LogP contribution >= 0.6 is 11.6 Å². The van der Waals surface area contributed by atoms with Crippen LogP contribution in [-0.2, 0) is 19.1 Å². The van der Waals surface area contributed by atoms with Gasteiger partial charge in [-0.1, -0.05) is 25.1 Å². The van der Waals surface area contributed by atoms with Gasteiger partial charge in [-0.2, -0.15) is 0 Å². The second kappa shape index (κ2) is 12.2. The van der Waals surface area contributed by atoms with Crippen molar-refractivity contribution in [2.45, 2.75) is 45.4 Å². The van der Waals surface area contributed by atoms with Crippen LogP contribution in [-0.4, -0.2) is 31.3 Å². The summed E-state index contributed by atoms with van der Waals surface area (Å²) in [7, 11) is 0. The Kier molecular flexibility index (Phi) is 9.67. The number of esters is 2. The van der Waals surface area contributed by atoms with Gasteiger partial charge in [0.2, 0.25) is 0 Å². The lowest BCUT2D eigenvalue weighted by Crippen LogP contribution is -2.25. The van der Waals surface area contributed by atoms with Gasteiger partial charge in [-0.25, -0.2) is 9.59 Å². The number of hydrogen-bond donors (Lipinski definition) is 0. The van der Waals surface area contributed by atoms with Crippen molar-refractivity contribution < 1.29 is 33.3 Å². The molecule has 1 saturated carbocycles. The fourth-order valence-electron chi connectivity index (χ4n) is 3.03. The molecule has 1 aromatic carbocycles. The fraction of sp³-hybridized carbons (Fsp3) is 0.500. The molecule has 0 heterocycles. The SMILES string of the molecule is C=CC(=O)OCCCCOC(=O)Oc1ccc(OC(=O)C2CCC(C)CC2)c(Cl)c1. The van der Waals surface area contributed by atoms with Crippen LogP contribution in [0.3, 0.4) is 0 Å². The molecule has 0 spiro atoms. The Hall–Kier alpha value is -2.54. The van der Waals surface area contributed by atoms with Crippen LogP contribution in [0, 0.1) is 11.8 Å². The van der Waals surface area contributed by atoms with Crippen molar-refractivity contribution in [1.29, 1.82) is 0 Å². The topological polar surface area (TPSA) is 88.1 Å². The molecule has 1 aromatic rings. The summed E-state index contributed by atoms with van der Waals surface area (Å²) in [6.07, 6.45) is 4.93. The van der Waals surface area contributed by atoms with Gasteiger partial charge in [-0.05, 0) is 56.6 Å². The van der Waals surface area contributed by atoms with Crippen LogP contribution in [0.2, 0.25) is 5.02 Å². The summed E-state index contributed by atoms with van der Waals surface area (Å²) in [5.74, 6) is 0.170. The zero-order chi connectivity index (χ0) is 21.9. The number of benzene rings is 1. The molecule has 1 aliphatic carbocycles. The first-order valence-electron chi connectivity index (χ1n) is 10.0. The Bertz CT molecular complexity index is 754. The summed E-state index contributed by atoms with van der Waals surface area (Å²) >= 11 is 6.16. The molecule has 0 unspecified atom stereocenters. The first-order chi connectivity index (χ1) is 14.4. The molecule has 0 radical (unpaired) electrons. The molecule has 2 rings (SSSR count). The third kappa shape index (κ3) is 8.06. The van der Waals surface area contributed by atoms with Gasteiger partial charge in [0, 0.05) is 12.1 Å². The number of hydrogen-bond acceptors (Lipinski definition) is 7. The average molecular weight is 439 g/mol. The van der Waals surface area contributed by atoms with Crippen LogP contribution in [0.1, 0.15) is 45.4 Å². The van der Waals surface area contributed by atoms with Crippen molar-refractivity contribution in [3.05, 3.63) is 35.9 Å². The highest BCUT2D eigenvalue weighted by Crippen LogP contribution is 2.33. The number of rotatable bonds is 9. The highest BCUT2D eigenvalue weighted by molar-refractivity contribution is 6.32. The number of carbonyl (C=O) groups excluding carboxylic acids is 3. The molecular formula is C22H27ClO7. The summed E-state index contributed by atoms with van der Waals surface area (Å²) in [5, 5.41) is 0.168. The molecular weight excluding hydrogens is 412 g/mol. The lowest BCUT2D eigenvalue weighted by Gasteiger charge is -2.24.